The van der Waals surface area contributed by atoms with Crippen molar-refractivity contribution in [1.82, 2.24) is 25.7 Å². The molecule has 0 unspecified atom stereocenters. The molecule has 1 aromatic heterocycles. The van der Waals surface area contributed by atoms with E-state index in [9.17, 15) is 4.79 Å². The Balaban J connectivity index is 1.78. The van der Waals surface area contributed by atoms with Crippen LogP contribution in [0.15, 0.2) is 33.8 Å². The van der Waals surface area contributed by atoms with E-state index >= 15 is 0 Å². The number of guanidine groups is 1. The summed E-state index contributed by atoms with van der Waals surface area (Å²) >= 11 is 0. The van der Waals surface area contributed by atoms with Crippen molar-refractivity contribution in [2.75, 3.05) is 27.7 Å². The summed E-state index contributed by atoms with van der Waals surface area (Å²) < 4.78 is 5.23. The minimum atomic E-state index is -0.00589. The number of carbonyl (C=O) groups excluding carboxylic acids is 1. The van der Waals surface area contributed by atoms with E-state index in [1.807, 2.05) is 38.1 Å². The van der Waals surface area contributed by atoms with Gasteiger partial charge in [0.25, 0.3) is 5.91 Å². The van der Waals surface area contributed by atoms with Gasteiger partial charge >= 0.3 is 0 Å². The van der Waals surface area contributed by atoms with Crippen LogP contribution in [0.5, 0.6) is 0 Å². The Bertz CT molecular complexity index is 765. The molecule has 0 aliphatic heterocycles. The van der Waals surface area contributed by atoms with Crippen LogP contribution < -0.4 is 10.6 Å². The molecule has 0 bridgehead atoms. The van der Waals surface area contributed by atoms with E-state index in [0.717, 1.165) is 11.4 Å². The van der Waals surface area contributed by atoms with Gasteiger partial charge in [-0.2, -0.15) is 4.98 Å². The average molecular weight is 372 g/mol. The van der Waals surface area contributed by atoms with Gasteiger partial charge in [0.15, 0.2) is 11.8 Å². The lowest BCUT2D eigenvalue weighted by Crippen LogP contribution is -2.37. The lowest BCUT2D eigenvalue weighted by atomic mass is 10.1. The standard InChI is InChI=1S/C19H28N6O2/c1-13(2)17-23-16(27-24-17)10-11-21-19(20-3)22-12-14-6-8-15(9-7-14)18(26)25(4)5/h6-9,13H,10-12H2,1-5H3,(H2,20,21,22). The molecule has 2 N–H and O–H groups in total. The number of hydrogen-bond acceptors (Lipinski definition) is 5. The Morgan fingerprint density at radius 3 is 2.48 bits per heavy atom. The van der Waals surface area contributed by atoms with E-state index in [1.165, 1.54) is 0 Å². The second kappa shape index (κ2) is 9.70. The number of nitrogens with zero attached hydrogens (tertiary/aromatic N) is 4. The van der Waals surface area contributed by atoms with Gasteiger partial charge in [0.2, 0.25) is 5.89 Å². The maximum absolute atomic E-state index is 11.9. The summed E-state index contributed by atoms with van der Waals surface area (Å²) in [6, 6.07) is 7.53. The van der Waals surface area contributed by atoms with Gasteiger partial charge in [0.05, 0.1) is 0 Å². The van der Waals surface area contributed by atoms with Crippen molar-refractivity contribution >= 4 is 11.9 Å². The number of nitrogens with one attached hydrogen (secondary N) is 2. The Morgan fingerprint density at radius 2 is 1.93 bits per heavy atom. The third kappa shape index (κ3) is 6.09. The number of aromatic nitrogens is 2. The lowest BCUT2D eigenvalue weighted by Gasteiger charge is -2.12. The SMILES string of the molecule is CN=C(NCCc1nc(C(C)C)no1)NCc1ccc(C(=O)N(C)C)cc1. The van der Waals surface area contributed by atoms with Crippen LogP contribution in [0.2, 0.25) is 0 Å². The molecule has 146 valence electrons. The van der Waals surface area contributed by atoms with Crippen molar-refractivity contribution in [2.24, 2.45) is 4.99 Å². The van der Waals surface area contributed by atoms with Crippen LogP contribution in [0.25, 0.3) is 0 Å². The predicted octanol–water partition coefficient (Wildman–Crippen LogP) is 1.80. The molecule has 2 rings (SSSR count). The highest BCUT2D eigenvalue weighted by atomic mass is 16.5. The van der Waals surface area contributed by atoms with Gasteiger partial charge in [0, 0.05) is 52.1 Å². The fourth-order valence-corrected chi connectivity index (χ4v) is 2.32. The molecule has 0 fully saturated rings. The van der Waals surface area contributed by atoms with Gasteiger partial charge in [-0.3, -0.25) is 9.79 Å². The predicted molar refractivity (Wildman–Crippen MR) is 105 cm³/mol. The molecule has 0 aliphatic rings. The van der Waals surface area contributed by atoms with Crippen LogP contribution in [0.4, 0.5) is 0 Å². The maximum atomic E-state index is 11.9. The number of aliphatic imine (C=N–C) groups is 1. The molecule has 1 amide bonds. The summed E-state index contributed by atoms with van der Waals surface area (Å²) in [6.45, 7) is 5.30. The Morgan fingerprint density at radius 1 is 1.22 bits per heavy atom. The summed E-state index contributed by atoms with van der Waals surface area (Å²) in [7, 11) is 5.20. The van der Waals surface area contributed by atoms with Crippen molar-refractivity contribution in [2.45, 2.75) is 32.7 Å². The highest BCUT2D eigenvalue weighted by molar-refractivity contribution is 5.93. The zero-order valence-corrected chi connectivity index (χ0v) is 16.6. The number of hydrogen-bond donors (Lipinski definition) is 2. The van der Waals surface area contributed by atoms with Crippen molar-refractivity contribution in [3.63, 3.8) is 0 Å². The second-order valence-corrected chi connectivity index (χ2v) is 6.70. The molecular formula is C19H28N6O2. The Labute approximate surface area is 160 Å². The van der Waals surface area contributed by atoms with Crippen LogP contribution in [0, 0.1) is 0 Å². The molecule has 0 spiro atoms. The fraction of sp³-hybridized carbons (Fsp3) is 0.474. The van der Waals surface area contributed by atoms with Gasteiger partial charge in [-0.15, -0.1) is 0 Å². The number of amides is 1. The zero-order valence-electron chi connectivity index (χ0n) is 16.6. The van der Waals surface area contributed by atoms with Crippen LogP contribution in [-0.4, -0.2) is 54.6 Å². The molecule has 8 heteroatoms. The number of benzene rings is 1. The van der Waals surface area contributed by atoms with Crippen molar-refractivity contribution < 1.29 is 9.32 Å². The normalized spacial score (nSPS) is 11.6. The smallest absolute Gasteiger partial charge is 0.253 e. The molecule has 1 aromatic carbocycles. The van der Waals surface area contributed by atoms with Crippen LogP contribution >= 0.6 is 0 Å². The van der Waals surface area contributed by atoms with E-state index in [0.29, 0.717) is 36.9 Å². The van der Waals surface area contributed by atoms with Gasteiger partial charge in [0.1, 0.15) is 0 Å². The highest BCUT2D eigenvalue weighted by Crippen LogP contribution is 2.09. The maximum Gasteiger partial charge on any atom is 0.253 e. The largest absolute Gasteiger partial charge is 0.356 e. The Kier molecular flexibility index (Phi) is 7.34. The van der Waals surface area contributed by atoms with Gasteiger partial charge in [-0.05, 0) is 17.7 Å². The van der Waals surface area contributed by atoms with Crippen molar-refractivity contribution in [3.05, 3.63) is 47.1 Å². The third-order valence-corrected chi connectivity index (χ3v) is 3.92. The zero-order chi connectivity index (χ0) is 19.8. The van der Waals surface area contributed by atoms with E-state index < -0.39 is 0 Å². The molecule has 0 radical (unpaired) electrons. The third-order valence-electron chi connectivity index (χ3n) is 3.92. The van der Waals surface area contributed by atoms with Crippen molar-refractivity contribution in [3.8, 4) is 0 Å². The topological polar surface area (TPSA) is 95.6 Å². The molecule has 0 saturated carbocycles. The summed E-state index contributed by atoms with van der Waals surface area (Å²) in [6.07, 6.45) is 0.627. The molecule has 8 nitrogen and oxygen atoms in total. The monoisotopic (exact) mass is 372 g/mol. The lowest BCUT2D eigenvalue weighted by molar-refractivity contribution is 0.0827. The number of rotatable bonds is 7. The molecule has 0 atom stereocenters. The minimum Gasteiger partial charge on any atom is -0.356 e. The minimum absolute atomic E-state index is 0.00589. The van der Waals surface area contributed by atoms with Crippen LogP contribution in [0.1, 0.15) is 47.4 Å². The van der Waals surface area contributed by atoms with Crippen molar-refractivity contribution in [1.29, 1.82) is 0 Å². The molecule has 0 aliphatic carbocycles. The first-order valence-electron chi connectivity index (χ1n) is 8.98. The average Bonchev–Trinajstić information content (AvgIpc) is 3.13. The quantitative estimate of drug-likeness (QED) is 0.568. The molecule has 0 saturated heterocycles. The summed E-state index contributed by atoms with van der Waals surface area (Å²) in [5.74, 6) is 2.27. The van der Waals surface area contributed by atoms with Gasteiger partial charge < -0.3 is 20.1 Å². The first-order valence-corrected chi connectivity index (χ1v) is 8.98. The summed E-state index contributed by atoms with van der Waals surface area (Å²) in [5.41, 5.74) is 1.73. The second-order valence-electron chi connectivity index (χ2n) is 6.70. The first kappa shape index (κ1) is 20.4. The first-order chi connectivity index (χ1) is 12.9. The van der Waals surface area contributed by atoms with E-state index in [2.05, 4.69) is 25.8 Å². The molecule has 27 heavy (non-hydrogen) atoms. The summed E-state index contributed by atoms with van der Waals surface area (Å²) in [4.78, 5) is 22.0. The van der Waals surface area contributed by atoms with Gasteiger partial charge in [-0.25, -0.2) is 0 Å². The van der Waals surface area contributed by atoms with Crippen LogP contribution in [-0.2, 0) is 13.0 Å². The van der Waals surface area contributed by atoms with Gasteiger partial charge in [-0.1, -0.05) is 31.1 Å². The summed E-state index contributed by atoms with van der Waals surface area (Å²) in [5, 5.41) is 10.4. The highest BCUT2D eigenvalue weighted by Gasteiger charge is 2.10. The Hall–Kier alpha value is -2.90. The van der Waals surface area contributed by atoms with E-state index in [1.54, 1.807) is 26.0 Å². The van der Waals surface area contributed by atoms with E-state index in [4.69, 9.17) is 4.52 Å². The molecular weight excluding hydrogens is 344 g/mol. The molecule has 2 aromatic rings. The fourth-order valence-electron chi connectivity index (χ4n) is 2.32. The van der Waals surface area contributed by atoms with Crippen LogP contribution in [0.3, 0.4) is 0 Å². The molecule has 1 heterocycles. The van der Waals surface area contributed by atoms with E-state index in [-0.39, 0.29) is 11.8 Å². The number of carbonyl (C=O) groups is 1.